The molecule has 0 radical (unpaired) electrons. The van der Waals surface area contributed by atoms with Gasteiger partial charge in [-0.25, -0.2) is 0 Å². The quantitative estimate of drug-likeness (QED) is 0.684. The summed E-state index contributed by atoms with van der Waals surface area (Å²) in [4.78, 5) is 0. The maximum Gasteiger partial charge on any atom is 0.124 e. The van der Waals surface area contributed by atoms with Gasteiger partial charge in [0.25, 0.3) is 0 Å². The number of hydrogen-bond donors (Lipinski definition) is 1. The van der Waals surface area contributed by atoms with Gasteiger partial charge in [0.05, 0.1) is 7.11 Å². The van der Waals surface area contributed by atoms with Crippen LogP contribution in [0.2, 0.25) is 5.02 Å². The zero-order valence-electron chi connectivity index (χ0n) is 11.8. The SMILES string of the molecule is CNC(Cc1ccc(Br)cc1Cl)c1ccc(Br)cc1OC. The first-order valence-electron chi connectivity index (χ1n) is 6.49. The van der Waals surface area contributed by atoms with E-state index in [1.807, 2.05) is 37.4 Å². The average Bonchev–Trinajstić information content (AvgIpc) is 2.47. The van der Waals surface area contributed by atoms with Gasteiger partial charge < -0.3 is 10.1 Å². The number of rotatable bonds is 5. The Kier molecular flexibility index (Phi) is 6.11. The third-order valence-corrected chi connectivity index (χ3v) is 4.70. The molecule has 0 bridgehead atoms. The molecule has 21 heavy (non-hydrogen) atoms. The van der Waals surface area contributed by atoms with Gasteiger partial charge >= 0.3 is 0 Å². The number of nitrogens with one attached hydrogen (secondary N) is 1. The molecule has 0 saturated heterocycles. The summed E-state index contributed by atoms with van der Waals surface area (Å²) in [5, 5.41) is 4.10. The fourth-order valence-corrected chi connectivity index (χ4v) is 3.34. The lowest BCUT2D eigenvalue weighted by atomic mass is 9.98. The molecule has 0 aliphatic heterocycles. The highest BCUT2D eigenvalue weighted by atomic mass is 79.9. The highest BCUT2D eigenvalue weighted by Gasteiger charge is 2.16. The number of ether oxygens (including phenoxy) is 1. The fourth-order valence-electron chi connectivity index (χ4n) is 2.25. The van der Waals surface area contributed by atoms with Crippen LogP contribution in [-0.4, -0.2) is 14.2 Å². The van der Waals surface area contributed by atoms with Crippen molar-refractivity contribution in [3.05, 3.63) is 61.5 Å². The van der Waals surface area contributed by atoms with Crippen molar-refractivity contribution in [2.75, 3.05) is 14.2 Å². The summed E-state index contributed by atoms with van der Waals surface area (Å²) in [6.07, 6.45) is 0.792. The van der Waals surface area contributed by atoms with E-state index < -0.39 is 0 Å². The highest BCUT2D eigenvalue weighted by molar-refractivity contribution is 9.10. The predicted octanol–water partition coefficient (Wildman–Crippen LogP) is 5.38. The van der Waals surface area contributed by atoms with Gasteiger partial charge in [0, 0.05) is 25.6 Å². The molecule has 2 aromatic rings. The molecule has 2 nitrogen and oxygen atoms in total. The molecule has 0 fully saturated rings. The van der Waals surface area contributed by atoms with E-state index in [-0.39, 0.29) is 6.04 Å². The monoisotopic (exact) mass is 431 g/mol. The molecular formula is C16H16Br2ClNO. The second-order valence-electron chi connectivity index (χ2n) is 4.67. The largest absolute Gasteiger partial charge is 0.496 e. The topological polar surface area (TPSA) is 21.3 Å². The first kappa shape index (κ1) is 16.8. The Balaban J connectivity index is 2.32. The Bertz CT molecular complexity index is 634. The van der Waals surface area contributed by atoms with Crippen molar-refractivity contribution in [1.82, 2.24) is 5.32 Å². The number of likely N-dealkylation sites (N-methyl/N-ethyl adjacent to an activating group) is 1. The van der Waals surface area contributed by atoms with E-state index >= 15 is 0 Å². The molecule has 0 spiro atoms. The Morgan fingerprint density at radius 2 is 1.81 bits per heavy atom. The Morgan fingerprint density at radius 3 is 2.43 bits per heavy atom. The number of halogens is 3. The lowest BCUT2D eigenvalue weighted by Gasteiger charge is -2.20. The molecular weight excluding hydrogens is 417 g/mol. The maximum absolute atomic E-state index is 6.32. The van der Waals surface area contributed by atoms with Crippen LogP contribution in [-0.2, 0) is 6.42 Å². The van der Waals surface area contributed by atoms with Crippen LogP contribution in [0.1, 0.15) is 17.2 Å². The van der Waals surface area contributed by atoms with Crippen molar-refractivity contribution < 1.29 is 4.74 Å². The van der Waals surface area contributed by atoms with E-state index in [9.17, 15) is 0 Å². The van der Waals surface area contributed by atoms with Gasteiger partial charge in [-0.15, -0.1) is 0 Å². The van der Waals surface area contributed by atoms with E-state index in [2.05, 4.69) is 43.2 Å². The predicted molar refractivity (Wildman–Crippen MR) is 95.4 cm³/mol. The molecule has 112 valence electrons. The summed E-state index contributed by atoms with van der Waals surface area (Å²) < 4.78 is 7.47. The Morgan fingerprint density at radius 1 is 1.14 bits per heavy atom. The minimum Gasteiger partial charge on any atom is -0.496 e. The molecule has 2 aromatic carbocycles. The van der Waals surface area contributed by atoms with Gasteiger partial charge in [-0.05, 0) is 43.3 Å². The summed E-state index contributed by atoms with van der Waals surface area (Å²) in [6.45, 7) is 0. The van der Waals surface area contributed by atoms with Gasteiger partial charge in [-0.1, -0.05) is 55.6 Å². The zero-order chi connectivity index (χ0) is 15.4. The van der Waals surface area contributed by atoms with Crippen LogP contribution in [0.4, 0.5) is 0 Å². The van der Waals surface area contributed by atoms with E-state index in [4.69, 9.17) is 16.3 Å². The van der Waals surface area contributed by atoms with Gasteiger partial charge in [-0.3, -0.25) is 0 Å². The summed E-state index contributed by atoms with van der Waals surface area (Å²) >= 11 is 13.2. The van der Waals surface area contributed by atoms with Crippen molar-refractivity contribution >= 4 is 43.5 Å². The molecule has 1 N–H and O–H groups in total. The van der Waals surface area contributed by atoms with Gasteiger partial charge in [-0.2, -0.15) is 0 Å². The van der Waals surface area contributed by atoms with Gasteiger partial charge in [0.2, 0.25) is 0 Å². The van der Waals surface area contributed by atoms with Crippen LogP contribution >= 0.6 is 43.5 Å². The van der Waals surface area contributed by atoms with Gasteiger partial charge in [0.15, 0.2) is 0 Å². The Labute approximate surface area is 147 Å². The molecule has 1 atom stereocenters. The molecule has 0 saturated carbocycles. The average molecular weight is 434 g/mol. The molecule has 0 amide bonds. The molecule has 0 aliphatic rings. The van der Waals surface area contributed by atoms with E-state index in [1.165, 1.54) is 0 Å². The molecule has 0 aromatic heterocycles. The lowest BCUT2D eigenvalue weighted by Crippen LogP contribution is -2.19. The molecule has 0 heterocycles. The minimum atomic E-state index is 0.131. The first-order valence-corrected chi connectivity index (χ1v) is 8.46. The summed E-state index contributed by atoms with van der Waals surface area (Å²) in [5.41, 5.74) is 2.21. The Hall–Kier alpha value is -0.550. The highest BCUT2D eigenvalue weighted by Crippen LogP contribution is 2.32. The third-order valence-electron chi connectivity index (χ3n) is 3.36. The van der Waals surface area contributed by atoms with Crippen LogP contribution in [0.15, 0.2) is 45.3 Å². The zero-order valence-corrected chi connectivity index (χ0v) is 15.7. The second-order valence-corrected chi connectivity index (χ2v) is 6.91. The third kappa shape index (κ3) is 4.22. The fraction of sp³-hybridized carbons (Fsp3) is 0.250. The van der Waals surface area contributed by atoms with Crippen molar-refractivity contribution in [2.45, 2.75) is 12.5 Å². The number of hydrogen-bond acceptors (Lipinski definition) is 2. The molecule has 1 unspecified atom stereocenters. The second kappa shape index (κ2) is 7.63. The smallest absolute Gasteiger partial charge is 0.124 e. The van der Waals surface area contributed by atoms with Crippen LogP contribution in [0, 0.1) is 0 Å². The summed E-state index contributed by atoms with van der Waals surface area (Å²) in [6, 6.07) is 12.2. The first-order chi connectivity index (χ1) is 10.0. The van der Waals surface area contributed by atoms with Crippen molar-refractivity contribution in [3.8, 4) is 5.75 Å². The van der Waals surface area contributed by atoms with Crippen molar-refractivity contribution in [3.63, 3.8) is 0 Å². The van der Waals surface area contributed by atoms with Crippen molar-refractivity contribution in [1.29, 1.82) is 0 Å². The minimum absolute atomic E-state index is 0.131. The van der Waals surface area contributed by atoms with Crippen LogP contribution in [0.25, 0.3) is 0 Å². The van der Waals surface area contributed by atoms with Crippen LogP contribution < -0.4 is 10.1 Å². The molecule has 5 heteroatoms. The summed E-state index contributed by atoms with van der Waals surface area (Å²) in [5.74, 6) is 0.858. The van der Waals surface area contributed by atoms with Crippen LogP contribution in [0.3, 0.4) is 0 Å². The normalized spacial score (nSPS) is 12.2. The van der Waals surface area contributed by atoms with E-state index in [1.54, 1.807) is 7.11 Å². The van der Waals surface area contributed by atoms with E-state index in [0.717, 1.165) is 37.3 Å². The molecule has 2 rings (SSSR count). The lowest BCUT2D eigenvalue weighted by molar-refractivity contribution is 0.401. The number of benzene rings is 2. The van der Waals surface area contributed by atoms with E-state index in [0.29, 0.717) is 0 Å². The summed E-state index contributed by atoms with van der Waals surface area (Å²) in [7, 11) is 3.63. The van der Waals surface area contributed by atoms with Gasteiger partial charge in [0.1, 0.15) is 5.75 Å². The maximum atomic E-state index is 6.32. The van der Waals surface area contributed by atoms with Crippen LogP contribution in [0.5, 0.6) is 5.75 Å². The molecule has 0 aliphatic carbocycles. The number of methoxy groups -OCH3 is 1. The standard InChI is InChI=1S/C16H16Br2ClNO/c1-20-15(7-10-3-4-11(17)8-14(10)19)13-6-5-12(18)9-16(13)21-2/h3-6,8-9,15,20H,7H2,1-2H3. The van der Waals surface area contributed by atoms with Crippen molar-refractivity contribution in [2.24, 2.45) is 0 Å².